The third kappa shape index (κ3) is 3.62. The molecule has 0 heterocycles. The van der Waals surface area contributed by atoms with E-state index in [9.17, 15) is 14.3 Å². The highest BCUT2D eigenvalue weighted by Gasteiger charge is 2.23. The van der Waals surface area contributed by atoms with Gasteiger partial charge in [-0.1, -0.05) is 0 Å². The lowest BCUT2D eigenvalue weighted by atomic mass is 9.94. The van der Waals surface area contributed by atoms with Gasteiger partial charge < -0.3 is 10.4 Å². The number of halogens is 1. The van der Waals surface area contributed by atoms with Gasteiger partial charge in [-0.25, -0.2) is 4.39 Å². The Balaban J connectivity index is 1.96. The van der Waals surface area contributed by atoms with Crippen LogP contribution >= 0.6 is 11.8 Å². The molecule has 0 aromatic heterocycles. The van der Waals surface area contributed by atoms with Crippen molar-refractivity contribution in [2.75, 3.05) is 6.26 Å². The van der Waals surface area contributed by atoms with E-state index in [4.69, 9.17) is 0 Å². The molecule has 3 nitrogen and oxygen atoms in total. The lowest BCUT2D eigenvalue weighted by Crippen LogP contribution is -2.38. The van der Waals surface area contributed by atoms with Crippen LogP contribution in [-0.2, 0) is 0 Å². The van der Waals surface area contributed by atoms with Crippen LogP contribution in [0.1, 0.15) is 36.0 Å². The van der Waals surface area contributed by atoms with Gasteiger partial charge in [0.15, 0.2) is 0 Å². The highest BCUT2D eigenvalue weighted by molar-refractivity contribution is 7.99. The Labute approximate surface area is 116 Å². The maximum Gasteiger partial charge on any atom is 0.255 e. The molecule has 19 heavy (non-hydrogen) atoms. The SMILES string of the molecule is CSC1CCC(NC(=O)c2cc(F)ccc2O)CC1. The Morgan fingerprint density at radius 2 is 2.05 bits per heavy atom. The number of phenolic OH excluding ortho intramolecular Hbond substituents is 1. The van der Waals surface area contributed by atoms with E-state index in [1.807, 2.05) is 11.8 Å². The minimum Gasteiger partial charge on any atom is -0.507 e. The molecule has 0 aliphatic heterocycles. The van der Waals surface area contributed by atoms with Crippen LogP contribution in [0.5, 0.6) is 5.75 Å². The number of amides is 1. The van der Waals surface area contributed by atoms with Crippen molar-refractivity contribution in [3.05, 3.63) is 29.6 Å². The molecule has 104 valence electrons. The van der Waals surface area contributed by atoms with Crippen molar-refractivity contribution in [1.29, 1.82) is 0 Å². The maximum atomic E-state index is 13.1. The van der Waals surface area contributed by atoms with E-state index in [1.54, 1.807) is 0 Å². The molecule has 1 aliphatic carbocycles. The van der Waals surface area contributed by atoms with Crippen LogP contribution in [0.25, 0.3) is 0 Å². The maximum absolute atomic E-state index is 13.1. The van der Waals surface area contributed by atoms with Crippen LogP contribution in [0.3, 0.4) is 0 Å². The zero-order valence-corrected chi connectivity index (χ0v) is 11.7. The molecule has 0 radical (unpaired) electrons. The van der Waals surface area contributed by atoms with Gasteiger partial charge in [0, 0.05) is 11.3 Å². The largest absolute Gasteiger partial charge is 0.507 e. The van der Waals surface area contributed by atoms with Crippen molar-refractivity contribution >= 4 is 17.7 Å². The lowest BCUT2D eigenvalue weighted by molar-refractivity contribution is 0.0925. The van der Waals surface area contributed by atoms with E-state index in [1.165, 1.54) is 6.07 Å². The quantitative estimate of drug-likeness (QED) is 0.896. The van der Waals surface area contributed by atoms with Crippen LogP contribution in [0.4, 0.5) is 4.39 Å². The number of hydrogen-bond acceptors (Lipinski definition) is 3. The molecule has 0 unspecified atom stereocenters. The Morgan fingerprint density at radius 1 is 1.37 bits per heavy atom. The average molecular weight is 283 g/mol. The van der Waals surface area contributed by atoms with E-state index < -0.39 is 11.7 Å². The highest BCUT2D eigenvalue weighted by atomic mass is 32.2. The number of benzene rings is 1. The average Bonchev–Trinajstić information content (AvgIpc) is 2.42. The zero-order chi connectivity index (χ0) is 13.8. The second-order valence-corrected chi connectivity index (χ2v) is 5.98. The van der Waals surface area contributed by atoms with Crippen LogP contribution < -0.4 is 5.32 Å². The minimum absolute atomic E-state index is 0.00647. The number of nitrogens with one attached hydrogen (secondary N) is 1. The number of hydrogen-bond donors (Lipinski definition) is 2. The smallest absolute Gasteiger partial charge is 0.255 e. The molecule has 1 saturated carbocycles. The summed E-state index contributed by atoms with van der Waals surface area (Å²) in [6.45, 7) is 0. The fourth-order valence-electron chi connectivity index (χ4n) is 2.40. The van der Waals surface area contributed by atoms with Crippen molar-refractivity contribution < 1.29 is 14.3 Å². The van der Waals surface area contributed by atoms with Crippen molar-refractivity contribution in [3.63, 3.8) is 0 Å². The van der Waals surface area contributed by atoms with Crippen molar-refractivity contribution in [2.24, 2.45) is 0 Å². The molecular weight excluding hydrogens is 265 g/mol. The fraction of sp³-hybridized carbons (Fsp3) is 0.500. The zero-order valence-electron chi connectivity index (χ0n) is 10.9. The predicted octanol–water partition coefficient (Wildman–Crippen LogP) is 2.94. The second kappa shape index (κ2) is 6.28. The molecular formula is C14H18FNO2S. The highest BCUT2D eigenvalue weighted by Crippen LogP contribution is 2.27. The molecule has 2 rings (SSSR count). The summed E-state index contributed by atoms with van der Waals surface area (Å²) in [4.78, 5) is 12.0. The normalized spacial score (nSPS) is 23.1. The van der Waals surface area contributed by atoms with Crippen molar-refractivity contribution in [2.45, 2.75) is 37.0 Å². The summed E-state index contributed by atoms with van der Waals surface area (Å²) in [5.74, 6) is -1.10. The van der Waals surface area contributed by atoms with Gasteiger partial charge >= 0.3 is 0 Å². The summed E-state index contributed by atoms with van der Waals surface area (Å²) in [5, 5.41) is 13.1. The van der Waals surface area contributed by atoms with Gasteiger partial charge in [-0.2, -0.15) is 11.8 Å². The molecule has 0 atom stereocenters. The van der Waals surface area contributed by atoms with Gasteiger partial charge in [-0.3, -0.25) is 4.79 Å². The Bertz CT molecular complexity index is 459. The van der Waals surface area contributed by atoms with Gasteiger partial charge in [-0.15, -0.1) is 0 Å². The topological polar surface area (TPSA) is 49.3 Å². The number of phenols is 1. The summed E-state index contributed by atoms with van der Waals surface area (Å²) < 4.78 is 13.1. The van der Waals surface area contributed by atoms with Crippen LogP contribution in [-0.4, -0.2) is 28.6 Å². The minimum atomic E-state index is -0.519. The van der Waals surface area contributed by atoms with Gasteiger partial charge in [-0.05, 0) is 50.1 Å². The number of aromatic hydroxyl groups is 1. The first-order valence-corrected chi connectivity index (χ1v) is 7.71. The molecule has 2 N–H and O–H groups in total. The molecule has 1 aromatic rings. The number of thioether (sulfide) groups is 1. The van der Waals surface area contributed by atoms with Crippen LogP contribution in [0, 0.1) is 5.82 Å². The fourth-order valence-corrected chi connectivity index (χ4v) is 3.14. The second-order valence-electron chi connectivity index (χ2n) is 4.84. The molecule has 1 aromatic carbocycles. The summed E-state index contributed by atoms with van der Waals surface area (Å²) in [5.41, 5.74) is 0.00647. The van der Waals surface area contributed by atoms with E-state index in [2.05, 4.69) is 11.6 Å². The third-order valence-corrected chi connectivity index (χ3v) is 4.68. The summed E-state index contributed by atoms with van der Waals surface area (Å²) in [6, 6.07) is 3.53. The summed E-state index contributed by atoms with van der Waals surface area (Å²) in [7, 11) is 0. The van der Waals surface area contributed by atoms with Gasteiger partial charge in [0.1, 0.15) is 11.6 Å². The molecule has 1 aliphatic rings. The van der Waals surface area contributed by atoms with Crippen molar-refractivity contribution in [1.82, 2.24) is 5.32 Å². The Kier molecular flexibility index (Phi) is 4.69. The van der Waals surface area contributed by atoms with Gasteiger partial charge in [0.05, 0.1) is 5.56 Å². The van der Waals surface area contributed by atoms with Crippen molar-refractivity contribution in [3.8, 4) is 5.75 Å². The number of carbonyl (C=O) groups excluding carboxylic acids is 1. The molecule has 0 saturated heterocycles. The molecule has 1 fully saturated rings. The Hall–Kier alpha value is -1.23. The molecule has 0 bridgehead atoms. The standard InChI is InChI=1S/C14H18FNO2S/c1-19-11-5-3-10(4-6-11)16-14(18)12-8-9(15)2-7-13(12)17/h2,7-8,10-11,17H,3-6H2,1H3,(H,16,18). The summed E-state index contributed by atoms with van der Waals surface area (Å²) in [6.07, 6.45) is 6.15. The first-order chi connectivity index (χ1) is 9.10. The summed E-state index contributed by atoms with van der Waals surface area (Å²) >= 11 is 1.87. The van der Waals surface area contributed by atoms with E-state index in [-0.39, 0.29) is 17.4 Å². The number of rotatable bonds is 3. The lowest BCUT2D eigenvalue weighted by Gasteiger charge is -2.28. The number of carbonyl (C=O) groups is 1. The van der Waals surface area contributed by atoms with E-state index in [0.717, 1.165) is 37.8 Å². The first-order valence-electron chi connectivity index (χ1n) is 6.42. The third-order valence-electron chi connectivity index (χ3n) is 3.55. The molecule has 5 heteroatoms. The molecule has 1 amide bonds. The Morgan fingerprint density at radius 3 is 2.68 bits per heavy atom. The predicted molar refractivity (Wildman–Crippen MR) is 75.1 cm³/mol. The van der Waals surface area contributed by atoms with Gasteiger partial charge in [0.25, 0.3) is 5.91 Å². The monoisotopic (exact) mass is 283 g/mol. The van der Waals surface area contributed by atoms with E-state index >= 15 is 0 Å². The van der Waals surface area contributed by atoms with E-state index in [0.29, 0.717) is 5.25 Å². The van der Waals surface area contributed by atoms with Crippen LogP contribution in [0.2, 0.25) is 0 Å². The molecule has 0 spiro atoms. The first kappa shape index (κ1) is 14.2. The van der Waals surface area contributed by atoms with Gasteiger partial charge in [0.2, 0.25) is 0 Å². The van der Waals surface area contributed by atoms with Crippen LogP contribution in [0.15, 0.2) is 18.2 Å².